The number of unbranched alkanes of at least 4 members (excludes halogenated alkanes) is 1. The van der Waals surface area contributed by atoms with E-state index in [1.165, 1.54) is 0 Å². The third kappa shape index (κ3) is 4.59. The van der Waals surface area contributed by atoms with Crippen LogP contribution in [0.25, 0.3) is 0 Å². The second-order valence-electron chi connectivity index (χ2n) is 4.67. The number of nitrogens with zero attached hydrogens (tertiary/aromatic N) is 2. The normalized spacial score (nSPS) is 10.5. The van der Waals surface area contributed by atoms with Crippen LogP contribution in [0.1, 0.15) is 37.0 Å². The average molecular weight is 290 g/mol. The summed E-state index contributed by atoms with van der Waals surface area (Å²) >= 11 is 0. The number of carboxylic acids is 1. The number of hydrogen-bond donors (Lipinski definition) is 1. The SMILES string of the molecule is CCCCc1noc(COc2ccccc2CC(=O)O)n1. The van der Waals surface area contributed by atoms with Crippen molar-refractivity contribution in [1.82, 2.24) is 10.1 Å². The van der Waals surface area contributed by atoms with Crippen LogP contribution in [-0.4, -0.2) is 21.2 Å². The fraction of sp³-hybridized carbons (Fsp3) is 0.400. The molecule has 0 saturated carbocycles. The molecule has 0 saturated heterocycles. The second-order valence-corrected chi connectivity index (χ2v) is 4.67. The summed E-state index contributed by atoms with van der Waals surface area (Å²) in [6, 6.07) is 7.03. The molecule has 2 rings (SSSR count). The van der Waals surface area contributed by atoms with Crippen molar-refractivity contribution < 1.29 is 19.2 Å². The fourth-order valence-electron chi connectivity index (χ4n) is 1.88. The van der Waals surface area contributed by atoms with Gasteiger partial charge in [0.1, 0.15) is 5.75 Å². The summed E-state index contributed by atoms with van der Waals surface area (Å²) in [5.74, 6) is 0.694. The Morgan fingerprint density at radius 1 is 1.38 bits per heavy atom. The molecular weight excluding hydrogens is 272 g/mol. The minimum Gasteiger partial charge on any atom is -0.483 e. The van der Waals surface area contributed by atoms with Gasteiger partial charge >= 0.3 is 5.97 Å². The number of ether oxygens (including phenoxy) is 1. The zero-order chi connectivity index (χ0) is 15.1. The molecule has 6 heteroatoms. The van der Waals surface area contributed by atoms with Gasteiger partial charge in [-0.05, 0) is 12.5 Å². The molecule has 2 aromatic rings. The fourth-order valence-corrected chi connectivity index (χ4v) is 1.88. The van der Waals surface area contributed by atoms with E-state index in [1.807, 2.05) is 0 Å². The van der Waals surface area contributed by atoms with Gasteiger partial charge in [0.2, 0.25) is 0 Å². The minimum absolute atomic E-state index is 0.0816. The lowest BCUT2D eigenvalue weighted by Gasteiger charge is -2.07. The van der Waals surface area contributed by atoms with Crippen LogP contribution in [-0.2, 0) is 24.2 Å². The summed E-state index contributed by atoms with van der Waals surface area (Å²) in [4.78, 5) is 15.0. The van der Waals surface area contributed by atoms with Gasteiger partial charge in [-0.2, -0.15) is 4.98 Å². The van der Waals surface area contributed by atoms with E-state index in [-0.39, 0.29) is 13.0 Å². The molecule has 0 aliphatic carbocycles. The Labute approximate surface area is 122 Å². The number of aromatic nitrogens is 2. The molecule has 1 heterocycles. The van der Waals surface area contributed by atoms with Gasteiger partial charge in [0.15, 0.2) is 12.4 Å². The first kappa shape index (κ1) is 15.0. The van der Waals surface area contributed by atoms with E-state index >= 15 is 0 Å². The molecular formula is C15H18N2O4. The van der Waals surface area contributed by atoms with Crippen LogP contribution in [0.4, 0.5) is 0 Å². The van der Waals surface area contributed by atoms with Gasteiger partial charge in [-0.15, -0.1) is 0 Å². The van der Waals surface area contributed by atoms with Gasteiger partial charge in [-0.3, -0.25) is 4.79 Å². The molecule has 1 N–H and O–H groups in total. The number of aliphatic carboxylic acids is 1. The molecule has 0 spiro atoms. The zero-order valence-electron chi connectivity index (χ0n) is 11.9. The highest BCUT2D eigenvalue weighted by Gasteiger charge is 2.10. The Hall–Kier alpha value is -2.37. The van der Waals surface area contributed by atoms with Gasteiger partial charge in [-0.25, -0.2) is 0 Å². The van der Waals surface area contributed by atoms with Crippen molar-refractivity contribution in [3.05, 3.63) is 41.5 Å². The first-order chi connectivity index (χ1) is 10.2. The third-order valence-corrected chi connectivity index (χ3v) is 2.93. The molecule has 21 heavy (non-hydrogen) atoms. The van der Waals surface area contributed by atoms with Crippen LogP contribution in [0, 0.1) is 0 Å². The maximum Gasteiger partial charge on any atom is 0.307 e. The topological polar surface area (TPSA) is 85.5 Å². The molecule has 1 aromatic carbocycles. The number of rotatable bonds is 8. The van der Waals surface area contributed by atoms with Crippen molar-refractivity contribution in [3.8, 4) is 5.75 Å². The largest absolute Gasteiger partial charge is 0.483 e. The summed E-state index contributed by atoms with van der Waals surface area (Å²) < 4.78 is 10.7. The second kappa shape index (κ2) is 7.42. The first-order valence-corrected chi connectivity index (χ1v) is 6.93. The predicted octanol–water partition coefficient (Wildman–Crippen LogP) is 2.62. The molecule has 0 aliphatic rings. The monoisotopic (exact) mass is 290 g/mol. The number of benzene rings is 1. The van der Waals surface area contributed by atoms with E-state index in [1.54, 1.807) is 24.3 Å². The van der Waals surface area contributed by atoms with E-state index in [0.717, 1.165) is 19.3 Å². The maximum atomic E-state index is 10.8. The lowest BCUT2D eigenvalue weighted by molar-refractivity contribution is -0.136. The van der Waals surface area contributed by atoms with Crippen LogP contribution >= 0.6 is 0 Å². The Balaban J connectivity index is 1.96. The van der Waals surface area contributed by atoms with Crippen LogP contribution < -0.4 is 4.74 Å². The molecule has 0 atom stereocenters. The summed E-state index contributed by atoms with van der Waals surface area (Å²) in [5.41, 5.74) is 0.621. The highest BCUT2D eigenvalue weighted by atomic mass is 16.5. The number of carboxylic acid groups (broad SMARTS) is 1. The molecule has 112 valence electrons. The molecule has 0 fully saturated rings. The van der Waals surface area contributed by atoms with E-state index in [2.05, 4.69) is 17.1 Å². The average Bonchev–Trinajstić information content (AvgIpc) is 2.91. The third-order valence-electron chi connectivity index (χ3n) is 2.93. The van der Waals surface area contributed by atoms with E-state index < -0.39 is 5.97 Å². The van der Waals surface area contributed by atoms with Gasteiger partial charge in [0, 0.05) is 12.0 Å². The van der Waals surface area contributed by atoms with E-state index in [0.29, 0.717) is 23.0 Å². The van der Waals surface area contributed by atoms with Gasteiger partial charge in [0.05, 0.1) is 6.42 Å². The lowest BCUT2D eigenvalue weighted by Crippen LogP contribution is -2.04. The Bertz CT molecular complexity index is 595. The van der Waals surface area contributed by atoms with Crippen molar-refractivity contribution in [2.75, 3.05) is 0 Å². The Kier molecular flexibility index (Phi) is 5.31. The molecule has 0 radical (unpaired) electrons. The van der Waals surface area contributed by atoms with Crippen molar-refractivity contribution in [2.24, 2.45) is 0 Å². The summed E-state index contributed by atoms with van der Waals surface area (Å²) in [5, 5.41) is 12.7. The van der Waals surface area contributed by atoms with Gasteiger partial charge < -0.3 is 14.4 Å². The van der Waals surface area contributed by atoms with Crippen LogP contribution in [0.3, 0.4) is 0 Å². The maximum absolute atomic E-state index is 10.8. The molecule has 6 nitrogen and oxygen atoms in total. The predicted molar refractivity (Wildman–Crippen MR) is 75.0 cm³/mol. The van der Waals surface area contributed by atoms with Crippen LogP contribution in [0.15, 0.2) is 28.8 Å². The molecule has 0 aliphatic heterocycles. The standard InChI is InChI=1S/C15H18N2O4/c1-2-3-8-13-16-14(21-17-13)10-20-12-7-5-4-6-11(12)9-15(18)19/h4-7H,2-3,8-10H2,1H3,(H,18,19). The van der Waals surface area contributed by atoms with E-state index in [4.69, 9.17) is 14.4 Å². The van der Waals surface area contributed by atoms with Crippen molar-refractivity contribution in [3.63, 3.8) is 0 Å². The highest BCUT2D eigenvalue weighted by Crippen LogP contribution is 2.19. The Morgan fingerprint density at radius 2 is 2.19 bits per heavy atom. The van der Waals surface area contributed by atoms with Gasteiger partial charge in [0.25, 0.3) is 5.89 Å². The molecule has 1 aromatic heterocycles. The minimum atomic E-state index is -0.898. The number of hydrogen-bond acceptors (Lipinski definition) is 5. The van der Waals surface area contributed by atoms with Gasteiger partial charge in [-0.1, -0.05) is 36.7 Å². The van der Waals surface area contributed by atoms with E-state index in [9.17, 15) is 4.79 Å². The summed E-state index contributed by atoms with van der Waals surface area (Å²) in [6.07, 6.45) is 2.79. The number of carbonyl (C=O) groups is 1. The summed E-state index contributed by atoms with van der Waals surface area (Å²) in [6.45, 7) is 2.24. The number of para-hydroxylation sites is 1. The van der Waals surface area contributed by atoms with Crippen molar-refractivity contribution in [1.29, 1.82) is 0 Å². The first-order valence-electron chi connectivity index (χ1n) is 6.93. The van der Waals surface area contributed by atoms with Crippen molar-refractivity contribution in [2.45, 2.75) is 39.2 Å². The number of aryl methyl sites for hydroxylation is 1. The summed E-state index contributed by atoms with van der Waals surface area (Å²) in [7, 11) is 0. The lowest BCUT2D eigenvalue weighted by atomic mass is 10.1. The quantitative estimate of drug-likeness (QED) is 0.804. The smallest absolute Gasteiger partial charge is 0.307 e. The van der Waals surface area contributed by atoms with Crippen LogP contribution in [0.5, 0.6) is 5.75 Å². The molecule has 0 bridgehead atoms. The molecule has 0 unspecified atom stereocenters. The van der Waals surface area contributed by atoms with Crippen LogP contribution in [0.2, 0.25) is 0 Å². The highest BCUT2D eigenvalue weighted by molar-refractivity contribution is 5.71. The zero-order valence-corrected chi connectivity index (χ0v) is 11.9. The van der Waals surface area contributed by atoms with Crippen molar-refractivity contribution >= 4 is 5.97 Å². The Morgan fingerprint density at radius 3 is 2.95 bits per heavy atom. The molecule has 0 amide bonds.